The average molecular weight is 421 g/mol. The summed E-state index contributed by atoms with van der Waals surface area (Å²) in [6.07, 6.45) is 8.52. The summed E-state index contributed by atoms with van der Waals surface area (Å²) in [5, 5.41) is 3.04. The van der Waals surface area contributed by atoms with Crippen LogP contribution < -0.4 is 0 Å². The van der Waals surface area contributed by atoms with E-state index < -0.39 is 0 Å². The number of aromatic nitrogens is 2. The van der Waals surface area contributed by atoms with Gasteiger partial charge in [-0.25, -0.2) is 4.98 Å². The Labute approximate surface area is 179 Å². The van der Waals surface area contributed by atoms with Gasteiger partial charge in [0.15, 0.2) is 0 Å². The maximum atomic E-state index is 13.2. The summed E-state index contributed by atoms with van der Waals surface area (Å²) in [4.78, 5) is 38.0. The number of carbonyl (C=O) groups excluding carboxylic acids is 2. The zero-order valence-corrected chi connectivity index (χ0v) is 17.5. The van der Waals surface area contributed by atoms with Crippen molar-refractivity contribution in [3.8, 4) is 0 Å². The van der Waals surface area contributed by atoms with Crippen molar-refractivity contribution in [2.45, 2.75) is 19.3 Å². The van der Waals surface area contributed by atoms with Gasteiger partial charge in [0.25, 0.3) is 5.91 Å². The van der Waals surface area contributed by atoms with Crippen molar-refractivity contribution >= 4 is 39.8 Å². The van der Waals surface area contributed by atoms with Crippen molar-refractivity contribution in [2.75, 3.05) is 26.2 Å². The molecule has 0 saturated carbocycles. The predicted molar refractivity (Wildman–Crippen MR) is 118 cm³/mol. The molecule has 1 saturated heterocycles. The molecule has 5 heterocycles. The molecule has 3 aromatic heterocycles. The molecule has 1 fully saturated rings. The molecule has 154 valence electrons. The highest BCUT2D eigenvalue weighted by atomic mass is 32.1. The lowest BCUT2D eigenvalue weighted by molar-refractivity contribution is -0.136. The van der Waals surface area contributed by atoms with Gasteiger partial charge in [0.2, 0.25) is 5.91 Å². The molecule has 1 unspecified atom stereocenters. The summed E-state index contributed by atoms with van der Waals surface area (Å²) in [5.74, 6) is 0.126. The summed E-state index contributed by atoms with van der Waals surface area (Å²) in [6.45, 7) is 2.60. The number of amides is 2. The Morgan fingerprint density at radius 1 is 1.17 bits per heavy atom. The molecule has 6 nitrogen and oxygen atoms in total. The number of H-pyrrole nitrogens is 1. The van der Waals surface area contributed by atoms with E-state index in [0.29, 0.717) is 19.6 Å². The van der Waals surface area contributed by atoms with Gasteiger partial charge in [-0.2, -0.15) is 0 Å². The molecular weight excluding hydrogens is 396 g/mol. The number of hydrogen-bond donors (Lipinski definition) is 1. The van der Waals surface area contributed by atoms with Gasteiger partial charge < -0.3 is 14.8 Å². The number of nitrogens with one attached hydrogen (secondary N) is 1. The van der Waals surface area contributed by atoms with Crippen molar-refractivity contribution in [3.05, 3.63) is 58.6 Å². The van der Waals surface area contributed by atoms with Crippen molar-refractivity contribution < 1.29 is 9.59 Å². The molecule has 0 bridgehead atoms. The molecule has 2 aliphatic rings. The summed E-state index contributed by atoms with van der Waals surface area (Å²) < 4.78 is 0. The monoisotopic (exact) mass is 420 g/mol. The van der Waals surface area contributed by atoms with Gasteiger partial charge in [0.1, 0.15) is 5.65 Å². The smallest absolute Gasteiger partial charge is 0.263 e. The fourth-order valence-electron chi connectivity index (χ4n) is 4.51. The molecule has 2 amide bonds. The topological polar surface area (TPSA) is 69.3 Å². The molecule has 5 rings (SSSR count). The second kappa shape index (κ2) is 8.07. The van der Waals surface area contributed by atoms with E-state index >= 15 is 0 Å². The summed E-state index contributed by atoms with van der Waals surface area (Å²) in [6, 6.07) is 7.78. The van der Waals surface area contributed by atoms with Gasteiger partial charge in [-0.05, 0) is 48.4 Å². The summed E-state index contributed by atoms with van der Waals surface area (Å²) >= 11 is 1.46. The first-order valence-corrected chi connectivity index (χ1v) is 11.3. The Bertz CT molecular complexity index is 1100. The highest BCUT2D eigenvalue weighted by Crippen LogP contribution is 2.29. The fraction of sp³-hybridized carbons (Fsp3) is 0.348. The Morgan fingerprint density at radius 3 is 2.90 bits per heavy atom. The molecule has 7 heteroatoms. The van der Waals surface area contributed by atoms with Gasteiger partial charge in [-0.1, -0.05) is 12.1 Å². The van der Waals surface area contributed by atoms with Gasteiger partial charge >= 0.3 is 0 Å². The zero-order chi connectivity index (χ0) is 20.5. The van der Waals surface area contributed by atoms with Crippen LogP contribution in [-0.4, -0.2) is 57.8 Å². The average Bonchev–Trinajstić information content (AvgIpc) is 3.49. The minimum absolute atomic E-state index is 0.0521. The van der Waals surface area contributed by atoms with E-state index in [2.05, 4.69) is 22.1 Å². The molecule has 0 radical (unpaired) electrons. The van der Waals surface area contributed by atoms with Crippen LogP contribution in [-0.2, 0) is 4.79 Å². The van der Waals surface area contributed by atoms with Crippen LogP contribution >= 0.6 is 11.3 Å². The van der Waals surface area contributed by atoms with Crippen molar-refractivity contribution in [2.24, 2.45) is 5.92 Å². The highest BCUT2D eigenvalue weighted by Gasteiger charge is 2.32. The number of carbonyl (C=O) groups is 2. The SMILES string of the molecule is O=C(c1cccs1)N1CCCC(C(=O)N2CC=C(c3c[nH]c4ncccc34)CC2)C1. The molecule has 1 N–H and O–H groups in total. The summed E-state index contributed by atoms with van der Waals surface area (Å²) in [7, 11) is 0. The van der Waals surface area contributed by atoms with Crippen LogP contribution in [0.2, 0.25) is 0 Å². The zero-order valence-electron chi connectivity index (χ0n) is 16.7. The first-order valence-electron chi connectivity index (χ1n) is 10.4. The highest BCUT2D eigenvalue weighted by molar-refractivity contribution is 7.12. The second-order valence-electron chi connectivity index (χ2n) is 7.93. The van der Waals surface area contributed by atoms with Crippen LogP contribution in [0.1, 0.15) is 34.5 Å². The van der Waals surface area contributed by atoms with Crippen LogP contribution in [0, 0.1) is 5.92 Å². The number of likely N-dealkylation sites (tertiary alicyclic amines) is 1. The molecule has 0 aromatic carbocycles. The van der Waals surface area contributed by atoms with Gasteiger partial charge in [-0.3, -0.25) is 9.59 Å². The second-order valence-corrected chi connectivity index (χ2v) is 8.88. The van der Waals surface area contributed by atoms with Crippen LogP contribution in [0.25, 0.3) is 16.6 Å². The van der Waals surface area contributed by atoms with E-state index in [-0.39, 0.29) is 17.7 Å². The van der Waals surface area contributed by atoms with E-state index in [9.17, 15) is 9.59 Å². The Balaban J connectivity index is 1.25. The normalized spacial score (nSPS) is 19.7. The van der Waals surface area contributed by atoms with E-state index in [1.807, 2.05) is 39.6 Å². The quantitative estimate of drug-likeness (QED) is 0.701. The molecule has 2 aliphatic heterocycles. The van der Waals surface area contributed by atoms with Gasteiger partial charge in [-0.15, -0.1) is 11.3 Å². The minimum atomic E-state index is -0.102. The number of pyridine rings is 1. The standard InChI is InChI=1S/C23H24N4O2S/c28-22(17-4-2-10-27(15-17)23(29)20-6-3-13-30-20)26-11-7-16(8-12-26)19-14-25-21-18(19)5-1-9-24-21/h1,3,5-7,9,13-14,17H,2,4,8,10-12,15H2,(H,24,25). The number of aromatic amines is 1. The lowest BCUT2D eigenvalue weighted by Crippen LogP contribution is -2.47. The number of fused-ring (bicyclic) bond motifs is 1. The number of nitrogens with zero attached hydrogens (tertiary/aromatic N) is 3. The molecule has 3 aromatic rings. The number of thiophene rings is 1. The van der Waals surface area contributed by atoms with Crippen molar-refractivity contribution in [1.29, 1.82) is 0 Å². The molecule has 0 spiro atoms. The van der Waals surface area contributed by atoms with Crippen LogP contribution in [0.4, 0.5) is 0 Å². The molecule has 0 aliphatic carbocycles. The minimum Gasteiger partial charge on any atom is -0.346 e. The lowest BCUT2D eigenvalue weighted by atomic mass is 9.94. The maximum absolute atomic E-state index is 13.2. The lowest BCUT2D eigenvalue weighted by Gasteiger charge is -2.36. The van der Waals surface area contributed by atoms with Crippen LogP contribution in [0.5, 0.6) is 0 Å². The van der Waals surface area contributed by atoms with E-state index in [1.165, 1.54) is 22.5 Å². The fourth-order valence-corrected chi connectivity index (χ4v) is 5.20. The third kappa shape index (κ3) is 3.54. The Hall–Kier alpha value is -2.93. The van der Waals surface area contributed by atoms with E-state index in [4.69, 9.17) is 0 Å². The third-order valence-electron chi connectivity index (χ3n) is 6.11. The van der Waals surface area contributed by atoms with E-state index in [0.717, 1.165) is 41.7 Å². The Morgan fingerprint density at radius 2 is 2.10 bits per heavy atom. The summed E-state index contributed by atoms with van der Waals surface area (Å²) in [5.41, 5.74) is 3.33. The maximum Gasteiger partial charge on any atom is 0.263 e. The predicted octanol–water partition coefficient (Wildman–Crippen LogP) is 3.79. The molecule has 1 atom stereocenters. The Kier molecular flexibility index (Phi) is 5.12. The number of hydrogen-bond acceptors (Lipinski definition) is 4. The van der Waals surface area contributed by atoms with E-state index in [1.54, 1.807) is 6.20 Å². The first-order chi connectivity index (χ1) is 14.7. The van der Waals surface area contributed by atoms with Crippen LogP contribution in [0.3, 0.4) is 0 Å². The number of piperidine rings is 1. The van der Waals surface area contributed by atoms with Crippen LogP contribution in [0.15, 0.2) is 48.1 Å². The largest absolute Gasteiger partial charge is 0.346 e. The van der Waals surface area contributed by atoms with Crippen molar-refractivity contribution in [3.63, 3.8) is 0 Å². The molecule has 30 heavy (non-hydrogen) atoms. The van der Waals surface area contributed by atoms with Gasteiger partial charge in [0, 0.05) is 49.5 Å². The van der Waals surface area contributed by atoms with Gasteiger partial charge in [0.05, 0.1) is 10.8 Å². The number of rotatable bonds is 3. The molecular formula is C23H24N4O2S. The van der Waals surface area contributed by atoms with Crippen molar-refractivity contribution in [1.82, 2.24) is 19.8 Å². The third-order valence-corrected chi connectivity index (χ3v) is 6.97. The first kappa shape index (κ1) is 19.1.